The van der Waals surface area contributed by atoms with Gasteiger partial charge in [-0.3, -0.25) is 0 Å². The van der Waals surface area contributed by atoms with Crippen molar-refractivity contribution in [3.8, 4) is 0 Å². The number of hydrogen-bond donors (Lipinski definition) is 2. The van der Waals surface area contributed by atoms with Crippen molar-refractivity contribution in [3.63, 3.8) is 0 Å². The Morgan fingerprint density at radius 3 is 1.68 bits per heavy atom. The number of carboxylic acid groups (broad SMARTS) is 2. The number of rotatable bonds is 11. The lowest BCUT2D eigenvalue weighted by Crippen LogP contribution is -2.24. The normalized spacial score (nSPS) is 11.7. The predicted octanol–water partition coefficient (Wildman–Crippen LogP) is 6.97. The molecule has 0 fully saturated rings. The summed E-state index contributed by atoms with van der Waals surface area (Å²) in [5.74, 6) is -2.49. The van der Waals surface area contributed by atoms with E-state index in [1.165, 1.54) is 24.3 Å². The van der Waals surface area contributed by atoms with Crippen molar-refractivity contribution >= 4 is 29.5 Å². The average Bonchev–Trinajstić information content (AvgIpc) is 2.84. The van der Waals surface area contributed by atoms with Gasteiger partial charge in [0.25, 0.3) is 0 Å². The second-order valence-corrected chi connectivity index (χ2v) is 11.7. The Labute approximate surface area is 228 Å². The second-order valence-electron chi connectivity index (χ2n) is 11.2. The van der Waals surface area contributed by atoms with Crippen LogP contribution in [-0.4, -0.2) is 34.7 Å². The smallest absolute Gasteiger partial charge is 0.338 e. The Morgan fingerprint density at radius 1 is 0.684 bits per heavy atom. The third-order valence-corrected chi connectivity index (χ3v) is 6.67. The van der Waals surface area contributed by atoms with Gasteiger partial charge < -0.3 is 14.9 Å². The van der Waals surface area contributed by atoms with Crippen LogP contribution in [0.3, 0.4) is 0 Å². The molecule has 0 bridgehead atoms. The van der Waals surface area contributed by atoms with Gasteiger partial charge in [0.1, 0.15) is 0 Å². The molecular weight excluding hydrogens is 504 g/mol. The van der Waals surface area contributed by atoms with Crippen molar-refractivity contribution in [1.29, 1.82) is 0 Å². The van der Waals surface area contributed by atoms with Crippen molar-refractivity contribution < 1.29 is 29.3 Å². The van der Waals surface area contributed by atoms with Gasteiger partial charge in [-0.1, -0.05) is 63.6 Å². The number of benzene rings is 3. The number of carbonyl (C=O) groups excluding carboxylic acids is 1. The number of hydrogen-bond acceptors (Lipinski definition) is 4. The first-order chi connectivity index (χ1) is 17.7. The Kier molecular flexibility index (Phi) is 9.00. The van der Waals surface area contributed by atoms with E-state index in [0.29, 0.717) is 17.0 Å². The summed E-state index contributed by atoms with van der Waals surface area (Å²) in [6.07, 6.45) is 2.20. The number of aromatic carboxylic acids is 2. The molecule has 3 rings (SSSR count). The molecule has 2 N–H and O–H groups in total. The van der Waals surface area contributed by atoms with E-state index in [9.17, 15) is 14.4 Å². The van der Waals surface area contributed by atoms with E-state index < -0.39 is 17.9 Å². The summed E-state index contributed by atoms with van der Waals surface area (Å²) >= 11 is 6.66. The maximum absolute atomic E-state index is 12.4. The number of carboxylic acids is 2. The first kappa shape index (κ1) is 28.9. The molecule has 0 aliphatic carbocycles. The number of esters is 1. The maximum Gasteiger partial charge on any atom is 0.338 e. The van der Waals surface area contributed by atoms with E-state index in [2.05, 4.69) is 19.9 Å². The molecule has 7 heteroatoms. The molecule has 200 valence electrons. The van der Waals surface area contributed by atoms with Crippen molar-refractivity contribution in [3.05, 3.63) is 105 Å². The van der Waals surface area contributed by atoms with Crippen LogP contribution < -0.4 is 0 Å². The summed E-state index contributed by atoms with van der Waals surface area (Å²) in [7, 11) is 0. The minimum atomic E-state index is -1.05. The van der Waals surface area contributed by atoms with Gasteiger partial charge in [-0.15, -0.1) is 0 Å². The highest BCUT2D eigenvalue weighted by Gasteiger charge is 2.24. The summed E-state index contributed by atoms with van der Waals surface area (Å²) in [5.41, 5.74) is 3.41. The van der Waals surface area contributed by atoms with Gasteiger partial charge >= 0.3 is 17.9 Å². The Balaban J connectivity index is 1.58. The molecule has 0 atom stereocenters. The zero-order valence-corrected chi connectivity index (χ0v) is 22.8. The van der Waals surface area contributed by atoms with Crippen molar-refractivity contribution in [2.75, 3.05) is 6.61 Å². The molecule has 3 aromatic rings. The first-order valence-corrected chi connectivity index (χ1v) is 12.7. The van der Waals surface area contributed by atoms with Gasteiger partial charge in [-0.2, -0.15) is 0 Å². The van der Waals surface area contributed by atoms with Gasteiger partial charge in [0.05, 0.1) is 23.3 Å². The lowest BCUT2D eigenvalue weighted by atomic mass is 9.79. The summed E-state index contributed by atoms with van der Waals surface area (Å²) < 4.78 is 5.51. The van der Waals surface area contributed by atoms with E-state index >= 15 is 0 Å². The van der Waals surface area contributed by atoms with Gasteiger partial charge in [-0.05, 0) is 83.8 Å². The molecule has 0 aromatic heterocycles. The van der Waals surface area contributed by atoms with E-state index in [-0.39, 0.29) is 28.6 Å². The van der Waals surface area contributed by atoms with E-state index in [1.807, 2.05) is 38.1 Å². The third-order valence-electron chi connectivity index (χ3n) is 6.31. The molecule has 0 amide bonds. The third kappa shape index (κ3) is 8.18. The largest absolute Gasteiger partial charge is 0.478 e. The molecule has 0 saturated carbocycles. The number of carbonyl (C=O) groups is 3. The highest BCUT2D eigenvalue weighted by Crippen LogP contribution is 2.32. The molecular formula is C31H33ClO6. The topological polar surface area (TPSA) is 101 Å². The van der Waals surface area contributed by atoms with Gasteiger partial charge in [0, 0.05) is 10.4 Å². The van der Waals surface area contributed by atoms with Crippen LogP contribution in [-0.2, 0) is 24.0 Å². The van der Waals surface area contributed by atoms with Crippen molar-refractivity contribution in [1.82, 2.24) is 0 Å². The molecule has 0 radical (unpaired) electrons. The number of ether oxygens (including phenoxy) is 1. The lowest BCUT2D eigenvalue weighted by Gasteiger charge is -2.27. The molecule has 6 nitrogen and oxygen atoms in total. The van der Waals surface area contributed by atoms with Crippen LogP contribution in [0.2, 0.25) is 5.02 Å². The van der Waals surface area contributed by atoms with Gasteiger partial charge in [-0.25, -0.2) is 14.4 Å². The van der Waals surface area contributed by atoms with Crippen LogP contribution in [0.5, 0.6) is 0 Å². The monoisotopic (exact) mass is 536 g/mol. The highest BCUT2D eigenvalue weighted by atomic mass is 35.5. The molecule has 0 aliphatic rings. The summed E-state index contributed by atoms with van der Waals surface area (Å²) in [4.78, 5) is 34.5. The Hall–Kier alpha value is -3.64. The Bertz CT molecular complexity index is 1310. The van der Waals surface area contributed by atoms with E-state index in [0.717, 1.165) is 29.5 Å². The lowest BCUT2D eigenvalue weighted by molar-refractivity contribution is 0.0341. The Morgan fingerprint density at radius 2 is 1.16 bits per heavy atom. The van der Waals surface area contributed by atoms with Crippen LogP contribution >= 0.6 is 11.6 Å². The standard InChI is InChI=1S/C31H33ClO6/c1-30(2,16-20-5-8-22(9-6-20)27(33)34)17-21-7-10-25(26(32)15-21)18-31(3,4)19-38-29(37)24-13-11-23(12-14-24)28(35)36/h5-15H,16-19H2,1-4H3,(H,33,34)(H,35,36). The fourth-order valence-corrected chi connectivity index (χ4v) is 4.71. The zero-order valence-electron chi connectivity index (χ0n) is 22.1. The highest BCUT2D eigenvalue weighted by molar-refractivity contribution is 6.31. The fourth-order valence-electron chi connectivity index (χ4n) is 4.44. The fraction of sp³-hybridized carbons (Fsp3) is 0.323. The minimum absolute atomic E-state index is 0.0638. The van der Waals surface area contributed by atoms with Crippen molar-refractivity contribution in [2.24, 2.45) is 10.8 Å². The van der Waals surface area contributed by atoms with Crippen LogP contribution in [0, 0.1) is 10.8 Å². The summed E-state index contributed by atoms with van der Waals surface area (Å²) in [6, 6.07) is 18.7. The molecule has 0 heterocycles. The van der Waals surface area contributed by atoms with E-state index in [1.54, 1.807) is 12.1 Å². The van der Waals surface area contributed by atoms with Gasteiger partial charge in [0.2, 0.25) is 0 Å². The average molecular weight is 537 g/mol. The van der Waals surface area contributed by atoms with Crippen LogP contribution in [0.25, 0.3) is 0 Å². The summed E-state index contributed by atoms with van der Waals surface area (Å²) in [5, 5.41) is 18.8. The SMILES string of the molecule is CC(C)(Cc1ccc(C(=O)O)cc1)Cc1ccc(CC(C)(C)COC(=O)c2ccc(C(=O)O)cc2)c(Cl)c1. The first-order valence-electron chi connectivity index (χ1n) is 12.3. The second kappa shape index (κ2) is 11.8. The van der Waals surface area contributed by atoms with Crippen LogP contribution in [0.1, 0.15) is 75.5 Å². The molecule has 0 aliphatic heterocycles. The minimum Gasteiger partial charge on any atom is -0.478 e. The summed E-state index contributed by atoms with van der Waals surface area (Å²) in [6.45, 7) is 8.52. The maximum atomic E-state index is 12.4. The van der Waals surface area contributed by atoms with E-state index in [4.69, 9.17) is 26.6 Å². The predicted molar refractivity (Wildman–Crippen MR) is 147 cm³/mol. The van der Waals surface area contributed by atoms with Gasteiger partial charge in [0.15, 0.2) is 0 Å². The molecule has 3 aromatic carbocycles. The molecule has 0 unspecified atom stereocenters. The molecule has 0 saturated heterocycles. The molecule has 38 heavy (non-hydrogen) atoms. The number of halogens is 1. The zero-order chi connectivity index (χ0) is 28.1. The van der Waals surface area contributed by atoms with Crippen LogP contribution in [0.4, 0.5) is 0 Å². The van der Waals surface area contributed by atoms with Crippen molar-refractivity contribution in [2.45, 2.75) is 47.0 Å². The van der Waals surface area contributed by atoms with Crippen LogP contribution in [0.15, 0.2) is 66.7 Å². The quantitative estimate of drug-likeness (QED) is 0.256. The molecule has 0 spiro atoms.